The van der Waals surface area contributed by atoms with Crippen LogP contribution >= 0.6 is 0 Å². The Morgan fingerprint density at radius 1 is 1.45 bits per heavy atom. The summed E-state index contributed by atoms with van der Waals surface area (Å²) in [5.41, 5.74) is 1.48. The molecule has 2 rings (SSSR count). The van der Waals surface area contributed by atoms with Gasteiger partial charge in [-0.3, -0.25) is 4.79 Å². The topological polar surface area (TPSA) is 63.2 Å². The van der Waals surface area contributed by atoms with Crippen molar-refractivity contribution in [3.05, 3.63) is 23.4 Å². The first-order valence-electron chi connectivity index (χ1n) is 7.20. The minimum Gasteiger partial charge on any atom is -0.379 e. The number of carbonyl (C=O) groups excluding carboxylic acids is 1. The highest BCUT2D eigenvalue weighted by molar-refractivity contribution is 5.95. The molecule has 0 radical (unpaired) electrons. The summed E-state index contributed by atoms with van der Waals surface area (Å²) in [6.45, 7) is 4.68. The summed E-state index contributed by atoms with van der Waals surface area (Å²) in [5, 5.41) is 6.21. The standard InChI is InChI=1S/C15H23N3O2/c1-4-16-14-9-11(8-10(2)17-14)15(19)18-12-6-5-7-13(12)20-3/h8-9,12-13H,4-7H2,1-3H3,(H,16,17)(H,18,19). The molecule has 1 heterocycles. The van der Waals surface area contributed by atoms with Crippen LogP contribution in [0, 0.1) is 6.92 Å². The van der Waals surface area contributed by atoms with E-state index < -0.39 is 0 Å². The molecule has 5 nitrogen and oxygen atoms in total. The molecule has 2 atom stereocenters. The highest BCUT2D eigenvalue weighted by Gasteiger charge is 2.28. The van der Waals surface area contributed by atoms with Gasteiger partial charge in [0.05, 0.1) is 12.1 Å². The van der Waals surface area contributed by atoms with Crippen molar-refractivity contribution in [2.45, 2.75) is 45.3 Å². The molecule has 0 saturated heterocycles. The summed E-state index contributed by atoms with van der Waals surface area (Å²) < 4.78 is 5.41. The lowest BCUT2D eigenvalue weighted by Crippen LogP contribution is -2.40. The number of nitrogens with zero attached hydrogens (tertiary/aromatic N) is 1. The van der Waals surface area contributed by atoms with Gasteiger partial charge in [-0.2, -0.15) is 0 Å². The summed E-state index contributed by atoms with van der Waals surface area (Å²) in [4.78, 5) is 16.7. The third kappa shape index (κ3) is 3.48. The molecular weight excluding hydrogens is 254 g/mol. The molecule has 1 aromatic rings. The molecule has 0 aliphatic heterocycles. The van der Waals surface area contributed by atoms with E-state index in [1.54, 1.807) is 13.2 Å². The average molecular weight is 277 g/mol. The average Bonchev–Trinajstić information content (AvgIpc) is 2.85. The number of aryl methyl sites for hydroxylation is 1. The van der Waals surface area contributed by atoms with Crippen molar-refractivity contribution in [2.24, 2.45) is 0 Å². The van der Waals surface area contributed by atoms with E-state index in [9.17, 15) is 4.79 Å². The van der Waals surface area contributed by atoms with E-state index >= 15 is 0 Å². The molecule has 1 fully saturated rings. The lowest BCUT2D eigenvalue weighted by Gasteiger charge is -2.19. The number of pyridine rings is 1. The largest absolute Gasteiger partial charge is 0.379 e. The number of anilines is 1. The summed E-state index contributed by atoms with van der Waals surface area (Å²) in [6, 6.07) is 3.72. The Morgan fingerprint density at radius 2 is 2.25 bits per heavy atom. The maximum absolute atomic E-state index is 12.3. The molecule has 0 bridgehead atoms. The van der Waals surface area contributed by atoms with E-state index in [2.05, 4.69) is 15.6 Å². The Labute approximate surface area is 120 Å². The maximum atomic E-state index is 12.3. The van der Waals surface area contributed by atoms with Crippen LogP contribution in [0.4, 0.5) is 5.82 Å². The molecule has 1 saturated carbocycles. The van der Waals surface area contributed by atoms with E-state index in [1.165, 1.54) is 0 Å². The van der Waals surface area contributed by atoms with Gasteiger partial charge in [0.2, 0.25) is 0 Å². The van der Waals surface area contributed by atoms with Crippen molar-refractivity contribution >= 4 is 11.7 Å². The van der Waals surface area contributed by atoms with Gasteiger partial charge in [-0.05, 0) is 45.2 Å². The Hall–Kier alpha value is -1.62. The third-order valence-corrected chi connectivity index (χ3v) is 3.65. The number of rotatable bonds is 5. The smallest absolute Gasteiger partial charge is 0.251 e. The summed E-state index contributed by atoms with van der Waals surface area (Å²) in [5.74, 6) is 0.691. The lowest BCUT2D eigenvalue weighted by molar-refractivity contribution is 0.0722. The van der Waals surface area contributed by atoms with Crippen molar-refractivity contribution in [1.29, 1.82) is 0 Å². The van der Waals surface area contributed by atoms with Crippen LogP contribution in [0.3, 0.4) is 0 Å². The second-order valence-electron chi connectivity index (χ2n) is 5.20. The van der Waals surface area contributed by atoms with Crippen LogP contribution in [0.2, 0.25) is 0 Å². The zero-order valence-corrected chi connectivity index (χ0v) is 12.4. The molecule has 1 aliphatic carbocycles. The Bertz CT molecular complexity index is 476. The zero-order chi connectivity index (χ0) is 14.5. The number of ether oxygens (including phenoxy) is 1. The van der Waals surface area contributed by atoms with Crippen LogP contribution in [-0.2, 0) is 4.74 Å². The highest BCUT2D eigenvalue weighted by atomic mass is 16.5. The Kier molecular flexibility index (Phi) is 4.95. The first kappa shape index (κ1) is 14.8. The highest BCUT2D eigenvalue weighted by Crippen LogP contribution is 2.22. The molecule has 0 spiro atoms. The van der Waals surface area contributed by atoms with E-state index in [0.29, 0.717) is 5.56 Å². The van der Waals surface area contributed by atoms with Gasteiger partial charge in [0.15, 0.2) is 0 Å². The maximum Gasteiger partial charge on any atom is 0.251 e. The fourth-order valence-corrected chi connectivity index (χ4v) is 2.70. The summed E-state index contributed by atoms with van der Waals surface area (Å²) in [6.07, 6.45) is 3.23. The molecule has 2 unspecified atom stereocenters. The second kappa shape index (κ2) is 6.70. The van der Waals surface area contributed by atoms with Crippen molar-refractivity contribution in [2.75, 3.05) is 19.0 Å². The van der Waals surface area contributed by atoms with E-state index in [-0.39, 0.29) is 18.1 Å². The first-order valence-corrected chi connectivity index (χ1v) is 7.20. The van der Waals surface area contributed by atoms with Gasteiger partial charge in [-0.15, -0.1) is 0 Å². The number of carbonyl (C=O) groups is 1. The van der Waals surface area contributed by atoms with Crippen LogP contribution in [0.1, 0.15) is 42.2 Å². The van der Waals surface area contributed by atoms with E-state index in [4.69, 9.17) is 4.74 Å². The molecule has 1 aliphatic rings. The quantitative estimate of drug-likeness (QED) is 0.865. The van der Waals surface area contributed by atoms with Crippen LogP contribution < -0.4 is 10.6 Å². The Morgan fingerprint density at radius 3 is 2.95 bits per heavy atom. The predicted molar refractivity (Wildman–Crippen MR) is 79.0 cm³/mol. The molecule has 110 valence electrons. The zero-order valence-electron chi connectivity index (χ0n) is 12.4. The monoisotopic (exact) mass is 277 g/mol. The van der Waals surface area contributed by atoms with Gasteiger partial charge in [-0.25, -0.2) is 4.98 Å². The van der Waals surface area contributed by atoms with Crippen LogP contribution in [-0.4, -0.2) is 36.7 Å². The van der Waals surface area contributed by atoms with Crippen molar-refractivity contribution < 1.29 is 9.53 Å². The van der Waals surface area contributed by atoms with Crippen LogP contribution in [0.25, 0.3) is 0 Å². The predicted octanol–water partition coefficient (Wildman–Crippen LogP) is 2.12. The molecule has 0 aromatic carbocycles. The normalized spacial score (nSPS) is 21.8. The molecule has 1 amide bonds. The fourth-order valence-electron chi connectivity index (χ4n) is 2.70. The van der Waals surface area contributed by atoms with Gasteiger partial charge >= 0.3 is 0 Å². The van der Waals surface area contributed by atoms with Gasteiger partial charge in [0.25, 0.3) is 5.91 Å². The Balaban J connectivity index is 2.08. The summed E-state index contributed by atoms with van der Waals surface area (Å²) >= 11 is 0. The molecule has 20 heavy (non-hydrogen) atoms. The van der Waals surface area contributed by atoms with Gasteiger partial charge < -0.3 is 15.4 Å². The van der Waals surface area contributed by atoms with Crippen LogP contribution in [0.15, 0.2) is 12.1 Å². The number of amides is 1. The molecular formula is C15H23N3O2. The van der Waals surface area contributed by atoms with Crippen molar-refractivity contribution in [3.63, 3.8) is 0 Å². The minimum atomic E-state index is -0.0522. The number of hydrogen-bond acceptors (Lipinski definition) is 4. The number of hydrogen-bond donors (Lipinski definition) is 2. The van der Waals surface area contributed by atoms with E-state index in [1.807, 2.05) is 19.9 Å². The third-order valence-electron chi connectivity index (χ3n) is 3.65. The number of nitrogens with one attached hydrogen (secondary N) is 2. The van der Waals surface area contributed by atoms with Crippen molar-refractivity contribution in [1.82, 2.24) is 10.3 Å². The summed E-state index contributed by atoms with van der Waals surface area (Å²) in [7, 11) is 1.70. The second-order valence-corrected chi connectivity index (χ2v) is 5.20. The van der Waals surface area contributed by atoms with Gasteiger partial charge in [0, 0.05) is 24.9 Å². The molecule has 5 heteroatoms. The van der Waals surface area contributed by atoms with E-state index in [0.717, 1.165) is 37.3 Å². The van der Waals surface area contributed by atoms with Gasteiger partial charge in [-0.1, -0.05) is 0 Å². The van der Waals surface area contributed by atoms with Gasteiger partial charge in [0.1, 0.15) is 5.82 Å². The molecule has 2 N–H and O–H groups in total. The minimum absolute atomic E-state index is 0.0522. The van der Waals surface area contributed by atoms with Crippen molar-refractivity contribution in [3.8, 4) is 0 Å². The number of aromatic nitrogens is 1. The number of methoxy groups -OCH3 is 1. The lowest BCUT2D eigenvalue weighted by atomic mass is 10.1. The fraction of sp³-hybridized carbons (Fsp3) is 0.600. The SMILES string of the molecule is CCNc1cc(C(=O)NC2CCCC2OC)cc(C)n1. The van der Waals surface area contributed by atoms with Crippen LogP contribution in [0.5, 0.6) is 0 Å². The first-order chi connectivity index (χ1) is 9.63. The molecule has 1 aromatic heterocycles.